The van der Waals surface area contributed by atoms with Crippen molar-refractivity contribution in [3.05, 3.63) is 55.1 Å². The lowest BCUT2D eigenvalue weighted by Crippen LogP contribution is -2.42. The summed E-state index contributed by atoms with van der Waals surface area (Å²) in [5, 5.41) is 7.47. The van der Waals surface area contributed by atoms with Gasteiger partial charge in [-0.1, -0.05) is 24.3 Å². The van der Waals surface area contributed by atoms with E-state index in [0.717, 1.165) is 0 Å². The molecule has 1 rings (SSSR count). The molecule has 0 aliphatic rings. The van der Waals surface area contributed by atoms with Crippen LogP contribution in [0.2, 0.25) is 0 Å². The summed E-state index contributed by atoms with van der Waals surface area (Å²) in [6.45, 7) is 7.62. The highest BCUT2D eigenvalue weighted by Crippen LogP contribution is 2.08. The molecule has 0 saturated heterocycles. The van der Waals surface area contributed by atoms with Crippen molar-refractivity contribution in [1.29, 1.82) is 0 Å². The van der Waals surface area contributed by atoms with E-state index in [2.05, 4.69) is 18.5 Å². The van der Waals surface area contributed by atoms with Crippen LogP contribution < -0.4 is 10.5 Å². The number of sulfonamides is 1. The number of primary sulfonamides is 1. The fourth-order valence-corrected chi connectivity index (χ4v) is 2.27. The number of rotatable bonds is 7. The minimum absolute atomic E-state index is 0.0215. The molecule has 2 amide bonds. The molecule has 0 aliphatic heterocycles. The third-order valence-electron chi connectivity index (χ3n) is 2.89. The van der Waals surface area contributed by atoms with Crippen LogP contribution in [0, 0.1) is 0 Å². The summed E-state index contributed by atoms with van der Waals surface area (Å²) in [5.74, 6) is -1.45. The molecule has 124 valence electrons. The number of carbonyl (C=O) groups is 2. The molecule has 0 atom stereocenters. The predicted molar refractivity (Wildman–Crippen MR) is 86.6 cm³/mol. The largest absolute Gasteiger partial charge is 0.344 e. The Morgan fingerprint density at radius 3 is 2.09 bits per heavy atom. The van der Waals surface area contributed by atoms with Crippen LogP contribution in [0.5, 0.6) is 0 Å². The molecule has 1 aromatic rings. The average Bonchev–Trinajstić information content (AvgIpc) is 2.51. The molecule has 0 radical (unpaired) electrons. The van der Waals surface area contributed by atoms with Crippen molar-refractivity contribution in [2.45, 2.75) is 11.4 Å². The third kappa shape index (κ3) is 5.68. The number of hydrogen-bond acceptors (Lipinski definition) is 4. The Bertz CT molecular complexity index is 686. The van der Waals surface area contributed by atoms with E-state index < -0.39 is 21.8 Å². The van der Waals surface area contributed by atoms with Gasteiger partial charge in [0.1, 0.15) is 0 Å². The topological polar surface area (TPSA) is 110 Å². The smallest absolute Gasteiger partial charge is 0.312 e. The van der Waals surface area contributed by atoms with Gasteiger partial charge in [0.15, 0.2) is 0 Å². The van der Waals surface area contributed by atoms with E-state index in [-0.39, 0.29) is 24.5 Å². The van der Waals surface area contributed by atoms with Gasteiger partial charge in [-0.05, 0) is 17.7 Å². The van der Waals surface area contributed by atoms with Gasteiger partial charge in [-0.15, -0.1) is 13.2 Å². The first kappa shape index (κ1) is 18.6. The first-order valence-corrected chi connectivity index (χ1v) is 8.25. The van der Waals surface area contributed by atoms with E-state index in [1.54, 1.807) is 0 Å². The van der Waals surface area contributed by atoms with Crippen LogP contribution in [0.1, 0.15) is 5.56 Å². The quantitative estimate of drug-likeness (QED) is 0.545. The molecule has 0 fully saturated rings. The maximum atomic E-state index is 12.0. The van der Waals surface area contributed by atoms with Crippen LogP contribution in [0.4, 0.5) is 0 Å². The number of nitrogens with one attached hydrogen (secondary N) is 1. The van der Waals surface area contributed by atoms with E-state index >= 15 is 0 Å². The fraction of sp³-hybridized carbons (Fsp3) is 0.200. The van der Waals surface area contributed by atoms with Crippen molar-refractivity contribution in [1.82, 2.24) is 10.2 Å². The molecule has 0 bridgehead atoms. The first-order valence-electron chi connectivity index (χ1n) is 6.70. The van der Waals surface area contributed by atoms with Gasteiger partial charge in [-0.3, -0.25) is 9.59 Å². The van der Waals surface area contributed by atoms with Crippen molar-refractivity contribution in [3.63, 3.8) is 0 Å². The fourth-order valence-electron chi connectivity index (χ4n) is 1.75. The summed E-state index contributed by atoms with van der Waals surface area (Å²) in [6, 6.07) is 5.69. The van der Waals surface area contributed by atoms with Crippen molar-refractivity contribution in [2.24, 2.45) is 5.14 Å². The Hall–Kier alpha value is -2.45. The van der Waals surface area contributed by atoms with Crippen LogP contribution in [0.15, 0.2) is 54.5 Å². The average molecular weight is 337 g/mol. The summed E-state index contributed by atoms with van der Waals surface area (Å²) in [6.07, 6.45) is 3.03. The molecule has 0 aromatic heterocycles. The molecule has 7 nitrogen and oxygen atoms in total. The van der Waals surface area contributed by atoms with Gasteiger partial charge < -0.3 is 10.2 Å². The second kappa shape index (κ2) is 8.25. The van der Waals surface area contributed by atoms with Gasteiger partial charge >= 0.3 is 11.8 Å². The zero-order chi connectivity index (χ0) is 17.5. The molecule has 0 heterocycles. The van der Waals surface area contributed by atoms with Crippen LogP contribution in [0.3, 0.4) is 0 Å². The highest BCUT2D eigenvalue weighted by Gasteiger charge is 2.19. The summed E-state index contributed by atoms with van der Waals surface area (Å²) in [5.41, 5.74) is 0.637. The number of amides is 2. The number of nitrogens with two attached hydrogens (primary N) is 1. The molecular formula is C15H19N3O4S. The molecule has 8 heteroatoms. The van der Waals surface area contributed by atoms with E-state index in [4.69, 9.17) is 5.14 Å². The molecule has 0 aliphatic carbocycles. The van der Waals surface area contributed by atoms with Crippen LogP contribution >= 0.6 is 0 Å². The van der Waals surface area contributed by atoms with Gasteiger partial charge in [0, 0.05) is 19.6 Å². The zero-order valence-corrected chi connectivity index (χ0v) is 13.4. The molecule has 3 N–H and O–H groups in total. The van der Waals surface area contributed by atoms with Gasteiger partial charge in [0.05, 0.1) is 4.90 Å². The normalized spacial score (nSPS) is 10.7. The minimum atomic E-state index is -3.76. The molecule has 0 saturated carbocycles. The van der Waals surface area contributed by atoms with Crippen molar-refractivity contribution >= 4 is 21.8 Å². The Balaban J connectivity index is 2.66. The Morgan fingerprint density at radius 2 is 1.65 bits per heavy atom. The van der Waals surface area contributed by atoms with E-state index in [0.29, 0.717) is 5.56 Å². The van der Waals surface area contributed by atoms with E-state index in [1.165, 1.54) is 41.3 Å². The van der Waals surface area contributed by atoms with Gasteiger partial charge in [-0.2, -0.15) is 0 Å². The molecule has 23 heavy (non-hydrogen) atoms. The van der Waals surface area contributed by atoms with E-state index in [9.17, 15) is 18.0 Å². The molecular weight excluding hydrogens is 318 g/mol. The van der Waals surface area contributed by atoms with Gasteiger partial charge in [0.2, 0.25) is 10.0 Å². The van der Waals surface area contributed by atoms with Crippen molar-refractivity contribution in [3.8, 4) is 0 Å². The predicted octanol–water partition coefficient (Wildman–Crippen LogP) is 0.151. The monoisotopic (exact) mass is 337 g/mol. The number of carbonyl (C=O) groups excluding carboxylic acids is 2. The van der Waals surface area contributed by atoms with Crippen molar-refractivity contribution < 1.29 is 18.0 Å². The maximum absolute atomic E-state index is 12.0. The summed E-state index contributed by atoms with van der Waals surface area (Å²) in [4.78, 5) is 25.1. The number of nitrogens with zero attached hydrogens (tertiary/aromatic N) is 1. The Labute approximate surface area is 135 Å². The molecule has 1 aromatic carbocycles. The lowest BCUT2D eigenvalue weighted by Gasteiger charge is -2.18. The summed E-state index contributed by atoms with van der Waals surface area (Å²) >= 11 is 0. The van der Waals surface area contributed by atoms with Gasteiger partial charge in [-0.25, -0.2) is 13.6 Å². The summed E-state index contributed by atoms with van der Waals surface area (Å²) in [7, 11) is -3.76. The lowest BCUT2D eigenvalue weighted by molar-refractivity contribution is -0.145. The second-order valence-corrected chi connectivity index (χ2v) is 6.22. The van der Waals surface area contributed by atoms with Gasteiger partial charge in [0.25, 0.3) is 0 Å². The summed E-state index contributed by atoms with van der Waals surface area (Å²) < 4.78 is 22.3. The third-order valence-corrected chi connectivity index (χ3v) is 3.81. The van der Waals surface area contributed by atoms with E-state index in [1.807, 2.05) is 0 Å². The van der Waals surface area contributed by atoms with Crippen LogP contribution in [-0.4, -0.2) is 38.2 Å². The number of benzene rings is 1. The first-order chi connectivity index (χ1) is 10.8. The highest BCUT2D eigenvalue weighted by atomic mass is 32.2. The standard InChI is InChI=1S/C15H19N3O4S/c1-3-9-18(10-4-2)15(20)14(19)17-11-12-5-7-13(8-6-12)23(16,21)22/h3-8H,1-2,9-11H2,(H,17,19)(H2,16,21,22). The molecule has 0 spiro atoms. The van der Waals surface area contributed by atoms with Crippen LogP contribution in [-0.2, 0) is 26.2 Å². The lowest BCUT2D eigenvalue weighted by atomic mass is 10.2. The second-order valence-electron chi connectivity index (χ2n) is 4.66. The maximum Gasteiger partial charge on any atom is 0.312 e. The van der Waals surface area contributed by atoms with Crippen LogP contribution in [0.25, 0.3) is 0 Å². The van der Waals surface area contributed by atoms with Crippen molar-refractivity contribution in [2.75, 3.05) is 13.1 Å². The molecule has 0 unspecified atom stereocenters. The Kier molecular flexibility index (Phi) is 6.67. The minimum Gasteiger partial charge on any atom is -0.344 e. The highest BCUT2D eigenvalue weighted by molar-refractivity contribution is 7.89. The zero-order valence-electron chi connectivity index (χ0n) is 12.6. The SMILES string of the molecule is C=CCN(CC=C)C(=O)C(=O)NCc1ccc(S(N)(=O)=O)cc1. The number of hydrogen-bond donors (Lipinski definition) is 2. The Morgan fingerprint density at radius 1 is 1.13 bits per heavy atom.